The maximum absolute atomic E-state index is 12.1. The van der Waals surface area contributed by atoms with Crippen molar-refractivity contribution in [3.8, 4) is 11.3 Å². The van der Waals surface area contributed by atoms with E-state index >= 15 is 0 Å². The third-order valence-corrected chi connectivity index (χ3v) is 4.78. The summed E-state index contributed by atoms with van der Waals surface area (Å²) in [4.78, 5) is 16.2. The molecule has 0 aliphatic heterocycles. The SMILES string of the molecule is O=C(CSc1nnc2ccc(-c3cccnc3)nn12)NCc1ccccc1. The Morgan fingerprint density at radius 2 is 1.93 bits per heavy atom. The number of fused-ring (bicyclic) bond motifs is 1. The molecule has 7 nitrogen and oxygen atoms in total. The lowest BCUT2D eigenvalue weighted by molar-refractivity contribution is -0.118. The second-order valence-electron chi connectivity index (χ2n) is 5.76. The zero-order chi connectivity index (χ0) is 18.5. The van der Waals surface area contributed by atoms with E-state index < -0.39 is 0 Å². The van der Waals surface area contributed by atoms with Crippen LogP contribution >= 0.6 is 11.8 Å². The van der Waals surface area contributed by atoms with Crippen LogP contribution in [0.3, 0.4) is 0 Å². The maximum atomic E-state index is 12.1. The first-order chi connectivity index (χ1) is 13.3. The Morgan fingerprint density at radius 3 is 2.74 bits per heavy atom. The van der Waals surface area contributed by atoms with Crippen LogP contribution in [-0.2, 0) is 11.3 Å². The zero-order valence-corrected chi connectivity index (χ0v) is 15.1. The molecule has 0 spiro atoms. The first kappa shape index (κ1) is 17.2. The lowest BCUT2D eigenvalue weighted by atomic mass is 10.2. The summed E-state index contributed by atoms with van der Waals surface area (Å²) in [7, 11) is 0. The average Bonchev–Trinajstić information content (AvgIpc) is 3.14. The molecule has 4 aromatic rings. The minimum absolute atomic E-state index is 0.0657. The van der Waals surface area contributed by atoms with Crippen molar-refractivity contribution < 1.29 is 4.79 Å². The van der Waals surface area contributed by atoms with Crippen molar-refractivity contribution in [2.24, 2.45) is 0 Å². The Morgan fingerprint density at radius 1 is 1.04 bits per heavy atom. The van der Waals surface area contributed by atoms with Gasteiger partial charge in [-0.25, -0.2) is 0 Å². The number of pyridine rings is 1. The molecule has 1 aromatic carbocycles. The van der Waals surface area contributed by atoms with Crippen LogP contribution in [0.4, 0.5) is 0 Å². The minimum Gasteiger partial charge on any atom is -0.351 e. The molecule has 0 bridgehead atoms. The number of amides is 1. The van der Waals surface area contributed by atoms with Crippen molar-refractivity contribution in [1.29, 1.82) is 0 Å². The van der Waals surface area contributed by atoms with Gasteiger partial charge in [0.1, 0.15) is 0 Å². The molecule has 0 aliphatic carbocycles. The van der Waals surface area contributed by atoms with Gasteiger partial charge in [0.25, 0.3) is 0 Å². The van der Waals surface area contributed by atoms with Gasteiger partial charge in [-0.1, -0.05) is 42.1 Å². The van der Waals surface area contributed by atoms with Gasteiger partial charge in [-0.05, 0) is 29.8 Å². The quantitative estimate of drug-likeness (QED) is 0.521. The number of hydrogen-bond acceptors (Lipinski definition) is 6. The lowest BCUT2D eigenvalue weighted by Crippen LogP contribution is -2.24. The van der Waals surface area contributed by atoms with E-state index in [1.807, 2.05) is 54.6 Å². The summed E-state index contributed by atoms with van der Waals surface area (Å²) in [6, 6.07) is 17.3. The van der Waals surface area contributed by atoms with Gasteiger partial charge in [-0.3, -0.25) is 9.78 Å². The molecule has 0 saturated carbocycles. The second-order valence-corrected chi connectivity index (χ2v) is 6.71. The summed E-state index contributed by atoms with van der Waals surface area (Å²) < 4.78 is 1.65. The van der Waals surface area contributed by atoms with E-state index in [1.54, 1.807) is 16.9 Å². The first-order valence-electron chi connectivity index (χ1n) is 8.36. The van der Waals surface area contributed by atoms with Crippen LogP contribution in [0.5, 0.6) is 0 Å². The van der Waals surface area contributed by atoms with Crippen molar-refractivity contribution in [2.75, 3.05) is 5.75 Å². The van der Waals surface area contributed by atoms with Crippen LogP contribution in [0, 0.1) is 0 Å². The molecule has 3 aromatic heterocycles. The number of benzene rings is 1. The van der Waals surface area contributed by atoms with Gasteiger partial charge in [0, 0.05) is 24.5 Å². The third kappa shape index (κ3) is 4.12. The predicted octanol–water partition coefficient (Wildman–Crippen LogP) is 2.59. The highest BCUT2D eigenvalue weighted by molar-refractivity contribution is 7.99. The molecule has 0 fully saturated rings. The number of nitrogens with zero attached hydrogens (tertiary/aromatic N) is 5. The highest BCUT2D eigenvalue weighted by Crippen LogP contribution is 2.19. The van der Waals surface area contributed by atoms with Crippen LogP contribution < -0.4 is 5.32 Å². The van der Waals surface area contributed by atoms with E-state index in [2.05, 4.69) is 25.6 Å². The van der Waals surface area contributed by atoms with Crippen LogP contribution in [0.1, 0.15) is 5.56 Å². The Balaban J connectivity index is 1.43. The highest BCUT2D eigenvalue weighted by Gasteiger charge is 2.11. The van der Waals surface area contributed by atoms with Gasteiger partial charge in [-0.15, -0.1) is 10.2 Å². The van der Waals surface area contributed by atoms with Crippen LogP contribution in [0.2, 0.25) is 0 Å². The first-order valence-corrected chi connectivity index (χ1v) is 9.34. The fourth-order valence-electron chi connectivity index (χ4n) is 2.51. The van der Waals surface area contributed by atoms with Gasteiger partial charge in [0.15, 0.2) is 5.65 Å². The Labute approximate surface area is 159 Å². The van der Waals surface area contributed by atoms with Gasteiger partial charge >= 0.3 is 0 Å². The molecule has 0 unspecified atom stereocenters. The van der Waals surface area contributed by atoms with E-state index in [-0.39, 0.29) is 11.7 Å². The fourth-order valence-corrected chi connectivity index (χ4v) is 3.22. The van der Waals surface area contributed by atoms with Crippen molar-refractivity contribution in [2.45, 2.75) is 11.7 Å². The summed E-state index contributed by atoms with van der Waals surface area (Å²) >= 11 is 1.30. The Hall–Kier alpha value is -3.26. The zero-order valence-electron chi connectivity index (χ0n) is 14.3. The lowest BCUT2D eigenvalue weighted by Gasteiger charge is -2.05. The fraction of sp³-hybridized carbons (Fsp3) is 0.105. The van der Waals surface area contributed by atoms with Crippen molar-refractivity contribution >= 4 is 23.3 Å². The van der Waals surface area contributed by atoms with E-state index in [0.717, 1.165) is 16.8 Å². The highest BCUT2D eigenvalue weighted by atomic mass is 32.2. The van der Waals surface area contributed by atoms with Crippen LogP contribution in [0.25, 0.3) is 16.9 Å². The van der Waals surface area contributed by atoms with Gasteiger partial charge in [-0.2, -0.15) is 9.61 Å². The molecule has 0 radical (unpaired) electrons. The molecule has 4 rings (SSSR count). The number of hydrogen-bond donors (Lipinski definition) is 1. The van der Waals surface area contributed by atoms with Crippen molar-refractivity contribution in [3.05, 3.63) is 72.6 Å². The van der Waals surface area contributed by atoms with Gasteiger partial charge in [0.05, 0.1) is 11.4 Å². The average molecular weight is 376 g/mol. The standard InChI is InChI=1S/C19H16N6OS/c26-18(21-11-14-5-2-1-3-6-14)13-27-19-23-22-17-9-8-16(24-25(17)19)15-7-4-10-20-12-15/h1-10,12H,11,13H2,(H,21,26). The predicted molar refractivity (Wildman–Crippen MR) is 103 cm³/mol. The largest absolute Gasteiger partial charge is 0.351 e. The molecule has 27 heavy (non-hydrogen) atoms. The topological polar surface area (TPSA) is 85.1 Å². The Bertz CT molecular complexity index is 1050. The third-order valence-electron chi connectivity index (χ3n) is 3.86. The Kier molecular flexibility index (Phi) is 5.06. The summed E-state index contributed by atoms with van der Waals surface area (Å²) in [5, 5.41) is 16.3. The number of aromatic nitrogens is 5. The molecule has 134 valence electrons. The molecule has 8 heteroatoms. The molecule has 0 atom stereocenters. The van der Waals surface area contributed by atoms with Crippen LogP contribution in [-0.4, -0.2) is 36.5 Å². The summed E-state index contributed by atoms with van der Waals surface area (Å²) in [6.45, 7) is 0.504. The van der Waals surface area contributed by atoms with Crippen molar-refractivity contribution in [1.82, 2.24) is 30.1 Å². The summed E-state index contributed by atoms with van der Waals surface area (Å²) in [5.41, 5.74) is 3.37. The number of nitrogens with one attached hydrogen (secondary N) is 1. The number of thioether (sulfide) groups is 1. The van der Waals surface area contributed by atoms with E-state index in [4.69, 9.17) is 0 Å². The van der Waals surface area contributed by atoms with E-state index in [0.29, 0.717) is 17.3 Å². The van der Waals surface area contributed by atoms with E-state index in [9.17, 15) is 4.79 Å². The molecule has 1 amide bonds. The smallest absolute Gasteiger partial charge is 0.230 e. The van der Waals surface area contributed by atoms with Crippen molar-refractivity contribution in [3.63, 3.8) is 0 Å². The monoisotopic (exact) mass is 376 g/mol. The molecule has 0 aliphatic rings. The molecular weight excluding hydrogens is 360 g/mol. The molecule has 1 N–H and O–H groups in total. The summed E-state index contributed by atoms with van der Waals surface area (Å²) in [5.74, 6) is 0.177. The molecule has 0 saturated heterocycles. The minimum atomic E-state index is -0.0657. The molecular formula is C19H16N6OS. The normalized spacial score (nSPS) is 10.8. The van der Waals surface area contributed by atoms with E-state index in [1.165, 1.54) is 11.8 Å². The summed E-state index contributed by atoms with van der Waals surface area (Å²) in [6.07, 6.45) is 3.47. The maximum Gasteiger partial charge on any atom is 0.230 e. The number of rotatable bonds is 6. The second kappa shape index (κ2) is 7.96. The number of carbonyl (C=O) groups is 1. The number of carbonyl (C=O) groups excluding carboxylic acids is 1. The molecule has 3 heterocycles. The van der Waals surface area contributed by atoms with Crippen LogP contribution in [0.15, 0.2) is 72.1 Å². The van der Waals surface area contributed by atoms with Gasteiger partial charge in [0.2, 0.25) is 11.1 Å². The van der Waals surface area contributed by atoms with Gasteiger partial charge < -0.3 is 5.32 Å².